The van der Waals surface area contributed by atoms with E-state index in [2.05, 4.69) is 16.8 Å². The van der Waals surface area contributed by atoms with E-state index in [0.29, 0.717) is 5.56 Å². The summed E-state index contributed by atoms with van der Waals surface area (Å²) >= 11 is 0. The van der Waals surface area contributed by atoms with Crippen LogP contribution in [-0.2, 0) is 0 Å². The van der Waals surface area contributed by atoms with Gasteiger partial charge in [0.25, 0.3) is 0 Å². The van der Waals surface area contributed by atoms with Gasteiger partial charge in [-0.2, -0.15) is 0 Å². The molecule has 0 unspecified atom stereocenters. The highest BCUT2D eigenvalue weighted by Gasteiger charge is 2.06. The second-order valence-electron chi connectivity index (χ2n) is 3.47. The number of pyridine rings is 1. The maximum Gasteiger partial charge on any atom is 0.337 e. The van der Waals surface area contributed by atoms with Gasteiger partial charge in [0, 0.05) is 12.4 Å². The molecule has 0 amide bonds. The molecule has 0 aliphatic rings. The fraction of sp³-hybridized carbons (Fsp3) is 0.286. The first-order valence-electron chi connectivity index (χ1n) is 5.57. The maximum absolute atomic E-state index is 11.0. The molecule has 0 saturated carbocycles. The van der Waals surface area contributed by atoms with Crippen molar-refractivity contribution in [3.8, 4) is 11.8 Å². The first kappa shape index (κ1) is 13.0. The van der Waals surface area contributed by atoms with Gasteiger partial charge in [0.2, 0.25) is 0 Å². The van der Waals surface area contributed by atoms with Gasteiger partial charge in [-0.05, 0) is 24.5 Å². The number of hydrogen-bond donors (Lipinski definition) is 1. The first-order chi connectivity index (χ1) is 8.19. The molecule has 88 valence electrons. The van der Waals surface area contributed by atoms with Gasteiger partial charge in [-0.25, -0.2) is 4.79 Å². The van der Waals surface area contributed by atoms with Crippen molar-refractivity contribution in [3.05, 3.63) is 41.2 Å². The van der Waals surface area contributed by atoms with Crippen LogP contribution in [0.1, 0.15) is 42.6 Å². The molecule has 3 nitrogen and oxygen atoms in total. The molecule has 0 aromatic carbocycles. The lowest BCUT2D eigenvalue weighted by atomic mass is 10.1. The molecule has 0 saturated heterocycles. The van der Waals surface area contributed by atoms with E-state index in [1.54, 1.807) is 0 Å². The van der Waals surface area contributed by atoms with Gasteiger partial charge in [-0.1, -0.05) is 31.8 Å². The summed E-state index contributed by atoms with van der Waals surface area (Å²) in [7, 11) is 0. The van der Waals surface area contributed by atoms with E-state index in [-0.39, 0.29) is 5.56 Å². The van der Waals surface area contributed by atoms with E-state index in [0.717, 1.165) is 18.4 Å². The van der Waals surface area contributed by atoms with Crippen molar-refractivity contribution in [1.82, 2.24) is 4.98 Å². The Morgan fingerprint density at radius 2 is 2.29 bits per heavy atom. The van der Waals surface area contributed by atoms with Crippen molar-refractivity contribution in [1.29, 1.82) is 0 Å². The molecule has 1 N–H and O–H groups in total. The zero-order chi connectivity index (χ0) is 12.7. The quantitative estimate of drug-likeness (QED) is 0.811. The van der Waals surface area contributed by atoms with Crippen LogP contribution in [-0.4, -0.2) is 16.1 Å². The fourth-order valence-electron chi connectivity index (χ4n) is 1.36. The van der Waals surface area contributed by atoms with Crippen molar-refractivity contribution in [2.45, 2.75) is 26.7 Å². The topological polar surface area (TPSA) is 50.2 Å². The molecule has 0 radical (unpaired) electrons. The molecule has 17 heavy (non-hydrogen) atoms. The zero-order valence-corrected chi connectivity index (χ0v) is 10.0. The normalized spacial score (nSPS) is 10.6. The number of hydrogen-bond acceptors (Lipinski definition) is 2. The molecular weight excluding hydrogens is 214 g/mol. The van der Waals surface area contributed by atoms with Crippen LogP contribution in [0.25, 0.3) is 0 Å². The molecule has 3 heteroatoms. The van der Waals surface area contributed by atoms with Gasteiger partial charge in [0.05, 0.1) is 11.1 Å². The van der Waals surface area contributed by atoms with Crippen LogP contribution in [0.3, 0.4) is 0 Å². The molecule has 1 aromatic rings. The van der Waals surface area contributed by atoms with Crippen LogP contribution < -0.4 is 0 Å². The summed E-state index contributed by atoms with van der Waals surface area (Å²) < 4.78 is 0. The van der Waals surface area contributed by atoms with Crippen LogP contribution in [0.2, 0.25) is 0 Å². The van der Waals surface area contributed by atoms with Crippen LogP contribution in [0, 0.1) is 11.8 Å². The van der Waals surface area contributed by atoms with E-state index in [9.17, 15) is 4.79 Å². The highest BCUT2D eigenvalue weighted by Crippen LogP contribution is 2.06. The Morgan fingerprint density at radius 3 is 2.88 bits per heavy atom. The summed E-state index contributed by atoms with van der Waals surface area (Å²) in [5.74, 6) is 4.88. The minimum Gasteiger partial charge on any atom is -0.478 e. The lowest BCUT2D eigenvalue weighted by Crippen LogP contribution is -2.00. The van der Waals surface area contributed by atoms with E-state index >= 15 is 0 Å². The van der Waals surface area contributed by atoms with Gasteiger partial charge < -0.3 is 5.11 Å². The Labute approximate surface area is 101 Å². The Bertz CT molecular complexity index is 492. The molecular formula is C14H15NO2. The highest BCUT2D eigenvalue weighted by molar-refractivity contribution is 5.90. The highest BCUT2D eigenvalue weighted by atomic mass is 16.4. The minimum absolute atomic E-state index is 0.194. The lowest BCUT2D eigenvalue weighted by Gasteiger charge is -1.97. The van der Waals surface area contributed by atoms with Crippen molar-refractivity contribution in [2.75, 3.05) is 0 Å². The third-order valence-corrected chi connectivity index (χ3v) is 2.24. The number of aromatic carboxylic acids is 1. The third kappa shape index (κ3) is 3.76. The summed E-state index contributed by atoms with van der Waals surface area (Å²) in [6.45, 7) is 4.07. The SMILES string of the molecule is CC/C=C(/C#Cc1cnccc1C(=O)O)CC. The summed E-state index contributed by atoms with van der Waals surface area (Å²) in [6.07, 6.45) is 6.76. The van der Waals surface area contributed by atoms with E-state index in [1.165, 1.54) is 18.5 Å². The Morgan fingerprint density at radius 1 is 1.53 bits per heavy atom. The molecule has 1 aromatic heterocycles. The summed E-state index contributed by atoms with van der Waals surface area (Å²) in [5.41, 5.74) is 1.67. The zero-order valence-electron chi connectivity index (χ0n) is 10.0. The van der Waals surface area contributed by atoms with Crippen LogP contribution in [0.15, 0.2) is 30.1 Å². The van der Waals surface area contributed by atoms with Gasteiger partial charge in [0.15, 0.2) is 0 Å². The van der Waals surface area contributed by atoms with Crippen LogP contribution in [0.5, 0.6) is 0 Å². The summed E-state index contributed by atoms with van der Waals surface area (Å²) in [4.78, 5) is 14.8. The number of carboxylic acids is 1. The minimum atomic E-state index is -0.978. The van der Waals surface area contributed by atoms with E-state index in [1.807, 2.05) is 19.9 Å². The molecule has 0 aliphatic heterocycles. The number of nitrogens with zero attached hydrogens (tertiary/aromatic N) is 1. The van der Waals surface area contributed by atoms with E-state index in [4.69, 9.17) is 5.11 Å². The molecule has 0 bridgehead atoms. The Balaban J connectivity index is 3.07. The second kappa shape index (κ2) is 6.49. The number of carboxylic acid groups (broad SMARTS) is 1. The molecule has 1 heterocycles. The number of carbonyl (C=O) groups is 1. The van der Waals surface area contributed by atoms with Gasteiger partial charge in [-0.15, -0.1) is 0 Å². The molecule has 1 rings (SSSR count). The molecule has 0 aliphatic carbocycles. The Kier molecular flexibility index (Phi) is 4.96. The largest absolute Gasteiger partial charge is 0.478 e. The van der Waals surface area contributed by atoms with Gasteiger partial charge in [0.1, 0.15) is 0 Å². The standard InChI is InChI=1S/C14H15NO2/c1-3-5-11(4-2)6-7-12-10-15-9-8-13(12)14(16)17/h5,8-10H,3-4H2,1-2H3,(H,16,17)/b11-5+. The first-order valence-corrected chi connectivity index (χ1v) is 5.57. The second-order valence-corrected chi connectivity index (χ2v) is 3.47. The van der Waals surface area contributed by atoms with Gasteiger partial charge >= 0.3 is 5.97 Å². The van der Waals surface area contributed by atoms with Crippen molar-refractivity contribution >= 4 is 5.97 Å². The Hall–Kier alpha value is -2.08. The average molecular weight is 229 g/mol. The van der Waals surface area contributed by atoms with Crippen LogP contribution >= 0.6 is 0 Å². The maximum atomic E-state index is 11.0. The number of rotatable bonds is 3. The monoisotopic (exact) mass is 229 g/mol. The number of aromatic nitrogens is 1. The molecule has 0 fully saturated rings. The number of allylic oxidation sites excluding steroid dienone is 2. The van der Waals surface area contributed by atoms with E-state index < -0.39 is 5.97 Å². The average Bonchev–Trinajstić information content (AvgIpc) is 2.34. The van der Waals surface area contributed by atoms with Crippen molar-refractivity contribution in [3.63, 3.8) is 0 Å². The fourth-order valence-corrected chi connectivity index (χ4v) is 1.36. The predicted molar refractivity (Wildman–Crippen MR) is 66.7 cm³/mol. The lowest BCUT2D eigenvalue weighted by molar-refractivity contribution is 0.0696. The summed E-state index contributed by atoms with van der Waals surface area (Å²) in [6, 6.07) is 1.46. The summed E-state index contributed by atoms with van der Waals surface area (Å²) in [5, 5.41) is 8.98. The van der Waals surface area contributed by atoms with Gasteiger partial charge in [-0.3, -0.25) is 4.98 Å². The molecule has 0 spiro atoms. The third-order valence-electron chi connectivity index (χ3n) is 2.24. The van der Waals surface area contributed by atoms with Crippen molar-refractivity contribution < 1.29 is 9.90 Å². The molecule has 0 atom stereocenters. The smallest absolute Gasteiger partial charge is 0.337 e. The van der Waals surface area contributed by atoms with Crippen molar-refractivity contribution in [2.24, 2.45) is 0 Å². The predicted octanol–water partition coefficient (Wildman–Crippen LogP) is 2.88. The van der Waals surface area contributed by atoms with Crippen LogP contribution in [0.4, 0.5) is 0 Å².